The van der Waals surface area contributed by atoms with Crippen molar-refractivity contribution in [3.8, 4) is 0 Å². The Morgan fingerprint density at radius 2 is 1.75 bits per heavy atom. The molecule has 0 aromatic heterocycles. The van der Waals surface area contributed by atoms with Crippen LogP contribution in [-0.4, -0.2) is 56.7 Å². The summed E-state index contributed by atoms with van der Waals surface area (Å²) < 4.78 is 31.6. The lowest BCUT2D eigenvalue weighted by molar-refractivity contribution is -0.146. The second kappa shape index (κ2) is 10.4. The van der Waals surface area contributed by atoms with Gasteiger partial charge in [-0.05, 0) is 50.1 Å². The molecule has 2 amide bonds. The lowest BCUT2D eigenvalue weighted by Crippen LogP contribution is -2.32. The SMILES string of the molecule is Cc1cccc(C(=O)NCC(=O)OCC(=O)Nc2cccc(S(=O)(=O)N3CCCC3)c2)c1. The summed E-state index contributed by atoms with van der Waals surface area (Å²) in [6, 6.07) is 12.8. The Balaban J connectivity index is 1.47. The minimum atomic E-state index is -3.61. The number of nitrogens with zero attached hydrogens (tertiary/aromatic N) is 1. The van der Waals surface area contributed by atoms with Gasteiger partial charge in [-0.3, -0.25) is 14.4 Å². The third kappa shape index (κ3) is 6.14. The van der Waals surface area contributed by atoms with Gasteiger partial charge in [-0.1, -0.05) is 23.8 Å². The Morgan fingerprint density at radius 1 is 1.03 bits per heavy atom. The van der Waals surface area contributed by atoms with Gasteiger partial charge in [0.25, 0.3) is 11.8 Å². The molecule has 0 atom stereocenters. The van der Waals surface area contributed by atoms with E-state index in [0.717, 1.165) is 18.4 Å². The molecular formula is C22H25N3O6S. The number of ether oxygens (including phenoxy) is 1. The summed E-state index contributed by atoms with van der Waals surface area (Å²) in [5.74, 6) is -1.82. The van der Waals surface area contributed by atoms with Gasteiger partial charge in [-0.2, -0.15) is 4.31 Å². The molecule has 2 N–H and O–H groups in total. The lowest BCUT2D eigenvalue weighted by atomic mass is 10.1. The maximum Gasteiger partial charge on any atom is 0.325 e. The van der Waals surface area contributed by atoms with Gasteiger partial charge in [-0.25, -0.2) is 8.42 Å². The van der Waals surface area contributed by atoms with Gasteiger partial charge in [-0.15, -0.1) is 0 Å². The van der Waals surface area contributed by atoms with Crippen molar-refractivity contribution in [1.82, 2.24) is 9.62 Å². The van der Waals surface area contributed by atoms with Crippen molar-refractivity contribution in [3.05, 3.63) is 59.7 Å². The van der Waals surface area contributed by atoms with E-state index < -0.39 is 34.4 Å². The van der Waals surface area contributed by atoms with Gasteiger partial charge in [0.05, 0.1) is 4.90 Å². The highest BCUT2D eigenvalue weighted by molar-refractivity contribution is 7.89. The number of carbonyl (C=O) groups is 3. The first kappa shape index (κ1) is 23.4. The van der Waals surface area contributed by atoms with Crippen molar-refractivity contribution in [2.45, 2.75) is 24.7 Å². The summed E-state index contributed by atoms with van der Waals surface area (Å²) in [5.41, 5.74) is 1.60. The van der Waals surface area contributed by atoms with Crippen LogP contribution in [0.4, 0.5) is 5.69 Å². The molecule has 0 radical (unpaired) electrons. The van der Waals surface area contributed by atoms with Crippen molar-refractivity contribution in [3.63, 3.8) is 0 Å². The maximum absolute atomic E-state index is 12.6. The fourth-order valence-electron chi connectivity index (χ4n) is 3.25. The Morgan fingerprint density at radius 3 is 2.47 bits per heavy atom. The zero-order valence-corrected chi connectivity index (χ0v) is 18.5. The molecule has 0 unspecified atom stereocenters. The van der Waals surface area contributed by atoms with Gasteiger partial charge in [0.15, 0.2) is 6.61 Å². The summed E-state index contributed by atoms with van der Waals surface area (Å²) in [6.45, 7) is 1.86. The molecule has 32 heavy (non-hydrogen) atoms. The number of nitrogens with one attached hydrogen (secondary N) is 2. The van der Waals surface area contributed by atoms with Crippen molar-refractivity contribution in [1.29, 1.82) is 0 Å². The fourth-order valence-corrected chi connectivity index (χ4v) is 4.81. The van der Waals surface area contributed by atoms with Gasteiger partial charge in [0.2, 0.25) is 10.0 Å². The number of anilines is 1. The molecule has 1 saturated heterocycles. The van der Waals surface area contributed by atoms with E-state index >= 15 is 0 Å². The van der Waals surface area contributed by atoms with Gasteiger partial charge < -0.3 is 15.4 Å². The van der Waals surface area contributed by atoms with E-state index in [4.69, 9.17) is 4.74 Å². The smallest absolute Gasteiger partial charge is 0.325 e. The van der Waals surface area contributed by atoms with Gasteiger partial charge >= 0.3 is 5.97 Å². The Labute approximate surface area is 186 Å². The summed E-state index contributed by atoms with van der Waals surface area (Å²) in [4.78, 5) is 36.1. The molecule has 1 aliphatic rings. The molecule has 2 aromatic carbocycles. The fraction of sp³-hybridized carbons (Fsp3) is 0.318. The summed E-state index contributed by atoms with van der Waals surface area (Å²) in [6.07, 6.45) is 1.65. The second-order valence-corrected chi connectivity index (χ2v) is 9.34. The van der Waals surface area contributed by atoms with E-state index in [-0.39, 0.29) is 17.1 Å². The quantitative estimate of drug-likeness (QED) is 0.580. The van der Waals surface area contributed by atoms with Crippen LogP contribution >= 0.6 is 0 Å². The number of amides is 2. The number of hydrogen-bond donors (Lipinski definition) is 2. The molecule has 0 bridgehead atoms. The van der Waals surface area contributed by atoms with Crippen molar-refractivity contribution < 1.29 is 27.5 Å². The normalized spacial score (nSPS) is 14.0. The zero-order chi connectivity index (χ0) is 23.1. The van der Waals surface area contributed by atoms with Crippen LogP contribution in [-0.2, 0) is 24.3 Å². The van der Waals surface area contributed by atoms with Crippen LogP contribution < -0.4 is 10.6 Å². The van der Waals surface area contributed by atoms with Crippen molar-refractivity contribution in [2.24, 2.45) is 0 Å². The van der Waals surface area contributed by atoms with E-state index in [9.17, 15) is 22.8 Å². The Kier molecular flexibility index (Phi) is 7.60. The first-order chi connectivity index (χ1) is 15.3. The van der Waals surface area contributed by atoms with Gasteiger partial charge in [0, 0.05) is 24.3 Å². The molecule has 0 saturated carbocycles. The predicted octanol–water partition coefficient (Wildman–Crippen LogP) is 1.69. The maximum atomic E-state index is 12.6. The van der Waals surface area contributed by atoms with E-state index in [2.05, 4.69) is 10.6 Å². The molecule has 10 heteroatoms. The molecule has 0 aliphatic carbocycles. The van der Waals surface area contributed by atoms with Crippen LogP contribution in [0.1, 0.15) is 28.8 Å². The van der Waals surface area contributed by atoms with Crippen LogP contribution in [0.15, 0.2) is 53.4 Å². The van der Waals surface area contributed by atoms with Crippen LogP contribution in [0, 0.1) is 6.92 Å². The third-order valence-corrected chi connectivity index (χ3v) is 6.75. The van der Waals surface area contributed by atoms with E-state index in [1.165, 1.54) is 22.5 Å². The zero-order valence-electron chi connectivity index (χ0n) is 17.7. The molecule has 3 rings (SSSR count). The highest BCUT2D eigenvalue weighted by atomic mass is 32.2. The second-order valence-electron chi connectivity index (χ2n) is 7.40. The van der Waals surface area contributed by atoms with E-state index in [1.807, 2.05) is 13.0 Å². The van der Waals surface area contributed by atoms with E-state index in [1.54, 1.807) is 24.3 Å². The third-order valence-electron chi connectivity index (χ3n) is 4.86. The number of carbonyl (C=O) groups excluding carboxylic acids is 3. The van der Waals surface area contributed by atoms with E-state index in [0.29, 0.717) is 18.7 Å². The molecule has 1 heterocycles. The summed E-state index contributed by atoms with van der Waals surface area (Å²) in [7, 11) is -3.61. The highest BCUT2D eigenvalue weighted by Crippen LogP contribution is 2.23. The minimum absolute atomic E-state index is 0.0908. The summed E-state index contributed by atoms with van der Waals surface area (Å²) in [5, 5.41) is 4.94. The average Bonchev–Trinajstić information content (AvgIpc) is 3.32. The highest BCUT2D eigenvalue weighted by Gasteiger charge is 2.27. The van der Waals surface area contributed by atoms with Crippen molar-refractivity contribution in [2.75, 3.05) is 31.6 Å². The standard InChI is InChI=1S/C22H25N3O6S/c1-16-6-4-7-17(12-16)22(28)23-14-21(27)31-15-20(26)24-18-8-5-9-19(13-18)32(29,30)25-10-2-3-11-25/h4-9,12-13H,2-3,10-11,14-15H2,1H3,(H,23,28)(H,24,26). The van der Waals surface area contributed by atoms with Crippen LogP contribution in [0.5, 0.6) is 0 Å². The molecule has 9 nitrogen and oxygen atoms in total. The Hall–Kier alpha value is -3.24. The molecule has 0 spiro atoms. The van der Waals surface area contributed by atoms with Crippen LogP contribution in [0.25, 0.3) is 0 Å². The number of rotatable bonds is 8. The molecule has 170 valence electrons. The topological polar surface area (TPSA) is 122 Å². The van der Waals surface area contributed by atoms with Crippen LogP contribution in [0.2, 0.25) is 0 Å². The number of benzene rings is 2. The number of sulfonamides is 1. The minimum Gasteiger partial charge on any atom is -0.454 e. The predicted molar refractivity (Wildman–Crippen MR) is 118 cm³/mol. The Bertz CT molecular complexity index is 1110. The lowest BCUT2D eigenvalue weighted by Gasteiger charge is -2.16. The largest absolute Gasteiger partial charge is 0.454 e. The summed E-state index contributed by atoms with van der Waals surface area (Å²) >= 11 is 0. The molecule has 1 aliphatic heterocycles. The number of hydrogen-bond acceptors (Lipinski definition) is 6. The number of aryl methyl sites for hydroxylation is 1. The van der Waals surface area contributed by atoms with Crippen LogP contribution in [0.3, 0.4) is 0 Å². The first-order valence-electron chi connectivity index (χ1n) is 10.2. The first-order valence-corrected chi connectivity index (χ1v) is 11.6. The molecular weight excluding hydrogens is 434 g/mol. The van der Waals surface area contributed by atoms with Gasteiger partial charge in [0.1, 0.15) is 6.54 Å². The number of esters is 1. The molecule has 2 aromatic rings. The monoisotopic (exact) mass is 459 g/mol. The van der Waals surface area contributed by atoms with Crippen molar-refractivity contribution >= 4 is 33.5 Å². The molecule has 1 fully saturated rings. The average molecular weight is 460 g/mol.